The first-order valence-electron chi connectivity index (χ1n) is 5.49. The average molecular weight is 205 g/mol. The summed E-state index contributed by atoms with van der Waals surface area (Å²) in [6.07, 6.45) is 0.613. The van der Waals surface area contributed by atoms with Gasteiger partial charge in [0.25, 0.3) is 0 Å². The van der Waals surface area contributed by atoms with Crippen molar-refractivity contribution in [3.8, 4) is 0 Å². The number of para-hydroxylation sites is 1. The number of hydrogen-bond donors (Lipinski definition) is 1. The van der Waals surface area contributed by atoms with E-state index >= 15 is 0 Å². The first kappa shape index (κ1) is 11.8. The van der Waals surface area contributed by atoms with Gasteiger partial charge in [-0.15, -0.1) is 0 Å². The fraction of sp³-hybridized carbons (Fsp3) is 0.462. The molecule has 0 aliphatic heterocycles. The number of benzene rings is 1. The molecule has 1 N–H and O–H groups in total. The third-order valence-corrected chi connectivity index (χ3v) is 2.77. The molecule has 1 aromatic rings. The predicted octanol–water partition coefficient (Wildman–Crippen LogP) is 3.10. The first-order valence-corrected chi connectivity index (χ1v) is 5.49. The maximum atomic E-state index is 11.5. The summed E-state index contributed by atoms with van der Waals surface area (Å²) in [4.78, 5) is 11.5. The number of nitrogens with one attached hydrogen (secondary N) is 1. The van der Waals surface area contributed by atoms with Crippen molar-refractivity contribution in [1.82, 2.24) is 0 Å². The molecule has 0 heterocycles. The van der Waals surface area contributed by atoms with E-state index in [1.807, 2.05) is 51.1 Å². The van der Waals surface area contributed by atoms with Gasteiger partial charge >= 0.3 is 0 Å². The van der Waals surface area contributed by atoms with E-state index < -0.39 is 0 Å². The summed E-state index contributed by atoms with van der Waals surface area (Å²) >= 11 is 0. The van der Waals surface area contributed by atoms with Crippen LogP contribution >= 0.6 is 0 Å². The molecule has 2 unspecified atom stereocenters. The van der Waals surface area contributed by atoms with Gasteiger partial charge in [0.05, 0.1) is 0 Å². The van der Waals surface area contributed by atoms with Crippen LogP contribution in [0.2, 0.25) is 0 Å². The lowest BCUT2D eigenvalue weighted by atomic mass is 9.97. The van der Waals surface area contributed by atoms with Crippen LogP contribution < -0.4 is 5.32 Å². The van der Waals surface area contributed by atoms with Crippen LogP contribution in [0.1, 0.15) is 27.2 Å². The molecule has 0 amide bonds. The third-order valence-electron chi connectivity index (χ3n) is 2.77. The van der Waals surface area contributed by atoms with Crippen molar-refractivity contribution in [1.29, 1.82) is 0 Å². The highest BCUT2D eigenvalue weighted by molar-refractivity contribution is 5.81. The Labute approximate surface area is 91.7 Å². The van der Waals surface area contributed by atoms with Crippen LogP contribution in [0, 0.1) is 5.92 Å². The normalized spacial score (nSPS) is 14.3. The second-order valence-electron chi connectivity index (χ2n) is 3.91. The zero-order chi connectivity index (χ0) is 11.3. The Hall–Kier alpha value is -1.31. The molecule has 0 radical (unpaired) electrons. The monoisotopic (exact) mass is 205 g/mol. The third kappa shape index (κ3) is 3.39. The highest BCUT2D eigenvalue weighted by Crippen LogP contribution is 2.13. The molecule has 82 valence electrons. The van der Waals surface area contributed by atoms with Crippen LogP contribution in [0.4, 0.5) is 5.69 Å². The van der Waals surface area contributed by atoms with Crippen LogP contribution in [0.3, 0.4) is 0 Å². The fourth-order valence-corrected chi connectivity index (χ4v) is 1.52. The SMILES string of the molecule is CCC(=O)C(C)C(C)Nc1ccccc1. The number of carbonyl (C=O) groups is 1. The van der Waals surface area contributed by atoms with Crippen LogP contribution in [-0.4, -0.2) is 11.8 Å². The minimum atomic E-state index is 0.0650. The van der Waals surface area contributed by atoms with E-state index in [-0.39, 0.29) is 12.0 Å². The largest absolute Gasteiger partial charge is 0.382 e. The molecule has 2 heteroatoms. The summed E-state index contributed by atoms with van der Waals surface area (Å²) in [6, 6.07) is 10.2. The Bertz CT molecular complexity index is 308. The van der Waals surface area contributed by atoms with Gasteiger partial charge in [-0.1, -0.05) is 32.0 Å². The van der Waals surface area contributed by atoms with Gasteiger partial charge in [-0.25, -0.2) is 0 Å². The van der Waals surface area contributed by atoms with E-state index in [0.717, 1.165) is 5.69 Å². The zero-order valence-electron chi connectivity index (χ0n) is 9.66. The number of anilines is 1. The molecule has 0 saturated carbocycles. The lowest BCUT2D eigenvalue weighted by Crippen LogP contribution is -2.29. The van der Waals surface area contributed by atoms with Gasteiger partial charge in [0.2, 0.25) is 0 Å². The zero-order valence-corrected chi connectivity index (χ0v) is 9.66. The quantitative estimate of drug-likeness (QED) is 0.800. The summed E-state index contributed by atoms with van der Waals surface area (Å²) in [7, 11) is 0. The van der Waals surface area contributed by atoms with Crippen molar-refractivity contribution in [3.05, 3.63) is 30.3 Å². The maximum Gasteiger partial charge on any atom is 0.137 e. The minimum absolute atomic E-state index is 0.0650. The van der Waals surface area contributed by atoms with Gasteiger partial charge in [-0.2, -0.15) is 0 Å². The molecule has 0 fully saturated rings. The van der Waals surface area contributed by atoms with Gasteiger partial charge in [-0.3, -0.25) is 4.79 Å². The molecule has 0 bridgehead atoms. The van der Waals surface area contributed by atoms with Crippen LogP contribution in [0.25, 0.3) is 0 Å². The van der Waals surface area contributed by atoms with Crippen molar-refractivity contribution >= 4 is 11.5 Å². The Balaban J connectivity index is 2.56. The van der Waals surface area contributed by atoms with E-state index in [0.29, 0.717) is 12.2 Å². The fourth-order valence-electron chi connectivity index (χ4n) is 1.52. The molecule has 0 aromatic heterocycles. The first-order chi connectivity index (χ1) is 7.15. The van der Waals surface area contributed by atoms with Gasteiger partial charge in [0.15, 0.2) is 0 Å². The summed E-state index contributed by atoms with van der Waals surface area (Å²) in [5, 5.41) is 3.34. The van der Waals surface area contributed by atoms with Gasteiger partial charge in [-0.05, 0) is 19.1 Å². The lowest BCUT2D eigenvalue weighted by molar-refractivity contribution is -0.122. The van der Waals surface area contributed by atoms with Crippen molar-refractivity contribution in [2.75, 3.05) is 5.32 Å². The Morgan fingerprint density at radius 2 is 1.87 bits per heavy atom. The van der Waals surface area contributed by atoms with Crippen LogP contribution in [0.15, 0.2) is 30.3 Å². The minimum Gasteiger partial charge on any atom is -0.382 e. The lowest BCUT2D eigenvalue weighted by Gasteiger charge is -2.20. The Morgan fingerprint density at radius 3 is 2.40 bits per heavy atom. The molecular weight excluding hydrogens is 186 g/mol. The van der Waals surface area contributed by atoms with Crippen LogP contribution in [-0.2, 0) is 4.79 Å². The van der Waals surface area contributed by atoms with Crippen LogP contribution in [0.5, 0.6) is 0 Å². The second kappa shape index (κ2) is 5.54. The van der Waals surface area contributed by atoms with Crippen molar-refractivity contribution in [2.24, 2.45) is 5.92 Å². The molecule has 1 rings (SSSR count). The highest BCUT2D eigenvalue weighted by atomic mass is 16.1. The molecule has 2 nitrogen and oxygen atoms in total. The topological polar surface area (TPSA) is 29.1 Å². The van der Waals surface area contributed by atoms with Gasteiger partial charge < -0.3 is 5.32 Å². The number of Topliss-reactive ketones (excluding diaryl/α,β-unsaturated/α-hetero) is 1. The molecule has 0 aliphatic rings. The Morgan fingerprint density at radius 1 is 1.27 bits per heavy atom. The van der Waals surface area contributed by atoms with E-state index in [2.05, 4.69) is 5.32 Å². The van der Waals surface area contributed by atoms with E-state index in [1.54, 1.807) is 0 Å². The van der Waals surface area contributed by atoms with E-state index in [1.165, 1.54) is 0 Å². The maximum absolute atomic E-state index is 11.5. The van der Waals surface area contributed by atoms with E-state index in [9.17, 15) is 4.79 Å². The van der Waals surface area contributed by atoms with Gasteiger partial charge in [0.1, 0.15) is 5.78 Å². The predicted molar refractivity (Wildman–Crippen MR) is 64.0 cm³/mol. The smallest absolute Gasteiger partial charge is 0.137 e. The highest BCUT2D eigenvalue weighted by Gasteiger charge is 2.17. The summed E-state index contributed by atoms with van der Waals surface area (Å²) < 4.78 is 0. The average Bonchev–Trinajstić information content (AvgIpc) is 2.28. The molecule has 0 spiro atoms. The Kier molecular flexibility index (Phi) is 4.35. The molecular formula is C13H19NO. The number of ketones is 1. The summed E-state index contributed by atoms with van der Waals surface area (Å²) in [6.45, 7) is 5.94. The van der Waals surface area contributed by atoms with E-state index in [4.69, 9.17) is 0 Å². The number of hydrogen-bond acceptors (Lipinski definition) is 2. The summed E-state index contributed by atoms with van der Waals surface area (Å²) in [5.41, 5.74) is 1.07. The molecule has 2 atom stereocenters. The molecule has 1 aromatic carbocycles. The summed E-state index contributed by atoms with van der Waals surface area (Å²) in [5.74, 6) is 0.376. The molecule has 15 heavy (non-hydrogen) atoms. The second-order valence-corrected chi connectivity index (χ2v) is 3.91. The molecule has 0 saturated heterocycles. The van der Waals surface area contributed by atoms with Gasteiger partial charge in [0, 0.05) is 24.1 Å². The molecule has 0 aliphatic carbocycles. The number of rotatable bonds is 5. The van der Waals surface area contributed by atoms with Crippen molar-refractivity contribution < 1.29 is 4.79 Å². The number of carbonyl (C=O) groups excluding carboxylic acids is 1. The van der Waals surface area contributed by atoms with Crippen molar-refractivity contribution in [3.63, 3.8) is 0 Å². The van der Waals surface area contributed by atoms with Crippen molar-refractivity contribution in [2.45, 2.75) is 33.2 Å². The standard InChI is InChI=1S/C13H19NO/c1-4-13(15)10(2)11(3)14-12-8-6-5-7-9-12/h5-11,14H,4H2,1-3H3.